The number of aryl methyl sites for hydroxylation is 1. The molecule has 0 fully saturated rings. The third-order valence-electron chi connectivity index (χ3n) is 1.68. The number of carboxylic acids is 1. The molecule has 0 aliphatic rings. The summed E-state index contributed by atoms with van der Waals surface area (Å²) in [5, 5.41) is 8.86. The Hall–Kier alpha value is -1.35. The molecule has 74 valence electrons. The minimum Gasteiger partial charge on any atom is -0.481 e. The number of aromatic nitrogens is 1. The minimum absolute atomic E-state index is 0.0159. The van der Waals surface area contributed by atoms with Crippen LogP contribution in [-0.4, -0.2) is 16.1 Å². The van der Waals surface area contributed by atoms with E-state index in [0.29, 0.717) is 5.15 Å². The first-order valence-corrected chi connectivity index (χ1v) is 4.49. The number of halogens is 1. The van der Waals surface area contributed by atoms with Gasteiger partial charge in [0.25, 0.3) is 0 Å². The van der Waals surface area contributed by atoms with Crippen LogP contribution >= 0.6 is 11.6 Å². The third kappa shape index (κ3) is 3.18. The van der Waals surface area contributed by atoms with Crippen LogP contribution in [0.25, 0.3) is 6.08 Å². The fourth-order valence-electron chi connectivity index (χ4n) is 1.00. The van der Waals surface area contributed by atoms with E-state index >= 15 is 0 Å². The van der Waals surface area contributed by atoms with E-state index in [9.17, 15) is 4.79 Å². The SMILES string of the molecule is Cc1nc(Cl)ccc1C=CCC(=O)O. The van der Waals surface area contributed by atoms with Gasteiger partial charge < -0.3 is 5.11 Å². The molecule has 0 saturated carbocycles. The van der Waals surface area contributed by atoms with Crippen molar-refractivity contribution in [3.63, 3.8) is 0 Å². The maximum absolute atomic E-state index is 10.2. The molecule has 0 unspecified atom stereocenters. The van der Waals surface area contributed by atoms with Crippen LogP contribution in [0.3, 0.4) is 0 Å². The number of carboxylic acid groups (broad SMARTS) is 1. The lowest BCUT2D eigenvalue weighted by atomic mass is 10.2. The third-order valence-corrected chi connectivity index (χ3v) is 1.89. The molecule has 1 N–H and O–H groups in total. The normalized spacial score (nSPS) is 10.7. The van der Waals surface area contributed by atoms with Crippen molar-refractivity contribution in [1.29, 1.82) is 0 Å². The van der Waals surface area contributed by atoms with Gasteiger partial charge in [-0.15, -0.1) is 0 Å². The Morgan fingerprint density at radius 3 is 2.93 bits per heavy atom. The first-order chi connectivity index (χ1) is 6.59. The van der Waals surface area contributed by atoms with Crippen molar-refractivity contribution in [1.82, 2.24) is 4.98 Å². The molecule has 1 aromatic rings. The molecule has 0 amide bonds. The van der Waals surface area contributed by atoms with Gasteiger partial charge in [0.2, 0.25) is 0 Å². The van der Waals surface area contributed by atoms with Crippen molar-refractivity contribution in [2.45, 2.75) is 13.3 Å². The van der Waals surface area contributed by atoms with E-state index in [1.165, 1.54) is 0 Å². The summed E-state index contributed by atoms with van der Waals surface area (Å²) in [6.45, 7) is 1.83. The van der Waals surface area contributed by atoms with E-state index in [-0.39, 0.29) is 6.42 Å². The number of aliphatic carboxylic acids is 1. The quantitative estimate of drug-likeness (QED) is 0.782. The molecule has 1 rings (SSSR count). The van der Waals surface area contributed by atoms with Crippen LogP contribution in [0.2, 0.25) is 5.15 Å². The average Bonchev–Trinajstić information content (AvgIpc) is 2.08. The highest BCUT2D eigenvalue weighted by Gasteiger charge is 1.97. The van der Waals surface area contributed by atoms with Crippen molar-refractivity contribution >= 4 is 23.6 Å². The van der Waals surface area contributed by atoms with Crippen LogP contribution in [0.15, 0.2) is 18.2 Å². The van der Waals surface area contributed by atoms with Gasteiger partial charge in [-0.05, 0) is 18.6 Å². The highest BCUT2D eigenvalue weighted by atomic mass is 35.5. The van der Waals surface area contributed by atoms with Crippen LogP contribution in [0.4, 0.5) is 0 Å². The van der Waals surface area contributed by atoms with Gasteiger partial charge in [-0.3, -0.25) is 4.79 Å². The fourth-order valence-corrected chi connectivity index (χ4v) is 1.19. The summed E-state index contributed by atoms with van der Waals surface area (Å²) in [5.74, 6) is -0.846. The minimum atomic E-state index is -0.846. The van der Waals surface area contributed by atoms with E-state index < -0.39 is 5.97 Å². The molecule has 0 bridgehead atoms. The molecular weight excluding hydrogens is 202 g/mol. The first-order valence-electron chi connectivity index (χ1n) is 4.11. The monoisotopic (exact) mass is 211 g/mol. The van der Waals surface area contributed by atoms with Crippen molar-refractivity contribution < 1.29 is 9.90 Å². The largest absolute Gasteiger partial charge is 0.481 e. The predicted octanol–water partition coefficient (Wildman–Crippen LogP) is 2.53. The molecule has 0 aliphatic carbocycles. The Labute approximate surface area is 87.0 Å². The molecule has 0 saturated heterocycles. The number of nitrogens with zero attached hydrogens (tertiary/aromatic N) is 1. The molecule has 1 heterocycles. The standard InChI is InChI=1S/C10H10ClNO2/c1-7-8(3-2-4-10(13)14)5-6-9(11)12-7/h2-3,5-6H,4H2,1H3,(H,13,14). The van der Waals surface area contributed by atoms with E-state index in [2.05, 4.69) is 4.98 Å². The van der Waals surface area contributed by atoms with E-state index in [4.69, 9.17) is 16.7 Å². The number of carbonyl (C=O) groups is 1. The summed E-state index contributed by atoms with van der Waals surface area (Å²) in [6.07, 6.45) is 3.33. The Morgan fingerprint density at radius 1 is 1.64 bits per heavy atom. The highest BCUT2D eigenvalue weighted by molar-refractivity contribution is 6.29. The van der Waals surface area contributed by atoms with Gasteiger partial charge in [0, 0.05) is 5.69 Å². The maximum Gasteiger partial charge on any atom is 0.307 e. The van der Waals surface area contributed by atoms with Crippen molar-refractivity contribution in [3.05, 3.63) is 34.6 Å². The van der Waals surface area contributed by atoms with E-state index in [1.54, 1.807) is 18.2 Å². The maximum atomic E-state index is 10.2. The van der Waals surface area contributed by atoms with Crippen LogP contribution < -0.4 is 0 Å². The van der Waals surface area contributed by atoms with Crippen LogP contribution in [-0.2, 0) is 4.79 Å². The van der Waals surface area contributed by atoms with Crippen molar-refractivity contribution in [2.75, 3.05) is 0 Å². The second-order valence-electron chi connectivity index (χ2n) is 2.81. The molecule has 0 aromatic carbocycles. The summed E-state index contributed by atoms with van der Waals surface area (Å²) in [6, 6.07) is 3.48. The predicted molar refractivity (Wildman–Crippen MR) is 55.3 cm³/mol. The second-order valence-corrected chi connectivity index (χ2v) is 3.20. The van der Waals surface area contributed by atoms with Gasteiger partial charge in [-0.2, -0.15) is 0 Å². The molecule has 0 aliphatic heterocycles. The smallest absolute Gasteiger partial charge is 0.307 e. The lowest BCUT2D eigenvalue weighted by Gasteiger charge is -1.98. The number of pyridine rings is 1. The van der Waals surface area contributed by atoms with Gasteiger partial charge in [0.05, 0.1) is 6.42 Å². The Bertz CT molecular complexity index is 374. The lowest BCUT2D eigenvalue weighted by Crippen LogP contribution is -1.90. The number of hydrogen-bond acceptors (Lipinski definition) is 2. The molecule has 0 atom stereocenters. The van der Waals surface area contributed by atoms with Gasteiger partial charge >= 0.3 is 5.97 Å². The Kier molecular flexibility index (Phi) is 3.65. The van der Waals surface area contributed by atoms with Gasteiger partial charge in [-0.25, -0.2) is 4.98 Å². The Balaban J connectivity index is 2.76. The first kappa shape index (κ1) is 10.7. The number of rotatable bonds is 3. The fraction of sp³-hybridized carbons (Fsp3) is 0.200. The molecule has 0 spiro atoms. The summed E-state index contributed by atoms with van der Waals surface area (Å²) in [4.78, 5) is 14.3. The summed E-state index contributed by atoms with van der Waals surface area (Å²) >= 11 is 5.67. The molecule has 4 heteroatoms. The van der Waals surface area contributed by atoms with E-state index in [0.717, 1.165) is 11.3 Å². The Morgan fingerprint density at radius 2 is 2.36 bits per heavy atom. The topological polar surface area (TPSA) is 50.2 Å². The second kappa shape index (κ2) is 4.77. The van der Waals surface area contributed by atoms with E-state index in [1.807, 2.05) is 13.0 Å². The summed E-state index contributed by atoms with van der Waals surface area (Å²) in [7, 11) is 0. The van der Waals surface area contributed by atoms with Crippen molar-refractivity contribution in [3.8, 4) is 0 Å². The number of hydrogen-bond donors (Lipinski definition) is 1. The molecular formula is C10H10ClNO2. The summed E-state index contributed by atoms with van der Waals surface area (Å²) < 4.78 is 0. The molecule has 14 heavy (non-hydrogen) atoms. The lowest BCUT2D eigenvalue weighted by molar-refractivity contribution is -0.135. The van der Waals surface area contributed by atoms with Crippen molar-refractivity contribution in [2.24, 2.45) is 0 Å². The highest BCUT2D eigenvalue weighted by Crippen LogP contribution is 2.12. The summed E-state index contributed by atoms with van der Waals surface area (Å²) in [5.41, 5.74) is 1.68. The molecule has 0 radical (unpaired) electrons. The zero-order chi connectivity index (χ0) is 10.6. The van der Waals surface area contributed by atoms with Gasteiger partial charge in [0.15, 0.2) is 0 Å². The van der Waals surface area contributed by atoms with Crippen LogP contribution in [0.1, 0.15) is 17.7 Å². The molecule has 3 nitrogen and oxygen atoms in total. The zero-order valence-electron chi connectivity index (χ0n) is 7.70. The average molecular weight is 212 g/mol. The van der Waals surface area contributed by atoms with Gasteiger partial charge in [0.1, 0.15) is 5.15 Å². The van der Waals surface area contributed by atoms with Gasteiger partial charge in [-0.1, -0.05) is 29.8 Å². The molecule has 1 aromatic heterocycles. The zero-order valence-corrected chi connectivity index (χ0v) is 8.45. The van der Waals surface area contributed by atoms with Crippen LogP contribution in [0.5, 0.6) is 0 Å². The van der Waals surface area contributed by atoms with Crippen LogP contribution in [0, 0.1) is 6.92 Å².